The van der Waals surface area contributed by atoms with Crippen LogP contribution in [0, 0.1) is 0 Å². The van der Waals surface area contributed by atoms with Crippen LogP contribution in [0.5, 0.6) is 0 Å². The summed E-state index contributed by atoms with van der Waals surface area (Å²) in [6, 6.07) is 0. The zero-order valence-corrected chi connectivity index (χ0v) is 19.7. The van der Waals surface area contributed by atoms with Crippen molar-refractivity contribution in [2.45, 2.75) is 58.3 Å². The second-order valence-corrected chi connectivity index (χ2v) is 7.78. The molecule has 0 spiro atoms. The minimum atomic E-state index is 0.115. The van der Waals surface area contributed by atoms with E-state index in [1.807, 2.05) is 5.01 Å². The number of likely N-dealkylation sites (N-methyl/N-ethyl adjacent to an activating group) is 1. The Morgan fingerprint density at radius 3 is 1.55 bits per heavy atom. The largest absolute Gasteiger partial charge is 0.304 e. The van der Waals surface area contributed by atoms with Gasteiger partial charge < -0.3 is 4.90 Å². The van der Waals surface area contributed by atoms with Gasteiger partial charge >= 0.3 is 0 Å². The van der Waals surface area contributed by atoms with Gasteiger partial charge in [-0.25, -0.2) is 5.01 Å². The number of hydrogen-bond acceptors (Lipinski definition) is 3. The van der Waals surface area contributed by atoms with E-state index in [0.29, 0.717) is 6.42 Å². The van der Waals surface area contributed by atoms with Crippen LogP contribution < -0.4 is 5.43 Å². The molecule has 1 fully saturated rings. The number of hydrogen-bond donors (Lipinski definition) is 1. The third kappa shape index (κ3) is 17.2. The first kappa shape index (κ1) is 26.9. The molecule has 0 radical (unpaired) electrons. The molecule has 0 unspecified atom stereocenters. The number of rotatable bonds is 15. The van der Waals surface area contributed by atoms with Gasteiger partial charge in [0.2, 0.25) is 5.91 Å². The Kier molecular flexibility index (Phi) is 17.1. The average Bonchev–Trinajstić information content (AvgIpc) is 2.77. The van der Waals surface area contributed by atoms with Gasteiger partial charge in [-0.2, -0.15) is 0 Å². The summed E-state index contributed by atoms with van der Waals surface area (Å²) >= 11 is 0. The zero-order chi connectivity index (χ0) is 22.4. The van der Waals surface area contributed by atoms with E-state index in [4.69, 9.17) is 0 Å². The van der Waals surface area contributed by atoms with Gasteiger partial charge in [0.25, 0.3) is 0 Å². The molecule has 4 nitrogen and oxygen atoms in total. The molecular weight excluding hydrogens is 382 g/mol. The molecule has 31 heavy (non-hydrogen) atoms. The molecule has 0 aliphatic carbocycles. The van der Waals surface area contributed by atoms with Crippen molar-refractivity contribution in [1.29, 1.82) is 0 Å². The highest BCUT2D eigenvalue weighted by atomic mass is 16.2. The highest BCUT2D eigenvalue weighted by Gasteiger charge is 2.14. The van der Waals surface area contributed by atoms with Crippen LogP contribution in [0.4, 0.5) is 0 Å². The van der Waals surface area contributed by atoms with E-state index < -0.39 is 0 Å². The summed E-state index contributed by atoms with van der Waals surface area (Å²) in [4.78, 5) is 14.2. The van der Waals surface area contributed by atoms with Crippen LogP contribution in [0.25, 0.3) is 0 Å². The average molecular weight is 426 g/mol. The van der Waals surface area contributed by atoms with Crippen LogP contribution in [0.3, 0.4) is 0 Å². The van der Waals surface area contributed by atoms with Crippen molar-refractivity contribution in [3.05, 3.63) is 72.9 Å². The van der Waals surface area contributed by atoms with Gasteiger partial charge in [-0.3, -0.25) is 10.2 Å². The highest BCUT2D eigenvalue weighted by Crippen LogP contribution is 1.99. The Hall–Kier alpha value is -2.17. The first-order valence-corrected chi connectivity index (χ1v) is 11.8. The van der Waals surface area contributed by atoms with Crippen LogP contribution in [-0.4, -0.2) is 49.0 Å². The van der Waals surface area contributed by atoms with Crippen molar-refractivity contribution >= 4 is 5.91 Å². The number of piperazine rings is 1. The number of carbonyl (C=O) groups is 1. The second-order valence-electron chi connectivity index (χ2n) is 7.78. The first-order chi connectivity index (χ1) is 15.2. The molecule has 172 valence electrons. The molecule has 1 N–H and O–H groups in total. The maximum atomic E-state index is 11.9. The molecule has 1 heterocycles. The normalized spacial score (nSPS) is 17.0. The quantitative estimate of drug-likeness (QED) is 0.340. The lowest BCUT2D eigenvalue weighted by Crippen LogP contribution is -2.52. The minimum absolute atomic E-state index is 0.115. The summed E-state index contributed by atoms with van der Waals surface area (Å²) in [6.07, 6.45) is 33.7. The molecule has 4 heteroatoms. The standard InChI is InChI=1S/C27H43N3O/c1-3-4-5-6-7-8-9-10-11-12-13-14-15-16-17-18-19-20-21-22-27(31)28-30-25-23-29(2)24-26-30/h4-5,7-8,10-11,13-14,16-17,19-20H,3,6,9,12,15,18,21-26H2,1-2H3,(H,28,31)/b5-4+,8-7+,11-10+,14-13+,17-16+,20-19+. The monoisotopic (exact) mass is 425 g/mol. The summed E-state index contributed by atoms with van der Waals surface area (Å²) in [5.41, 5.74) is 3.00. The number of nitrogens with zero attached hydrogens (tertiary/aromatic N) is 2. The number of amides is 1. The predicted molar refractivity (Wildman–Crippen MR) is 135 cm³/mol. The van der Waals surface area contributed by atoms with Crippen molar-refractivity contribution in [1.82, 2.24) is 15.3 Å². The highest BCUT2D eigenvalue weighted by molar-refractivity contribution is 5.75. The summed E-state index contributed by atoms with van der Waals surface area (Å²) in [7, 11) is 2.11. The fourth-order valence-electron chi connectivity index (χ4n) is 3.00. The van der Waals surface area contributed by atoms with E-state index in [0.717, 1.165) is 71.1 Å². The summed E-state index contributed by atoms with van der Waals surface area (Å²) in [6.45, 7) is 5.98. The molecule has 0 aromatic heterocycles. The number of hydrazine groups is 1. The smallest absolute Gasteiger partial charge is 0.234 e. The molecule has 1 rings (SSSR count). The lowest BCUT2D eigenvalue weighted by molar-refractivity contribution is -0.126. The summed E-state index contributed by atoms with van der Waals surface area (Å²) < 4.78 is 0. The zero-order valence-electron chi connectivity index (χ0n) is 19.7. The molecule has 1 aliphatic heterocycles. The third-order valence-corrected chi connectivity index (χ3v) is 4.92. The van der Waals surface area contributed by atoms with Crippen LogP contribution in [-0.2, 0) is 4.79 Å². The number of allylic oxidation sites excluding steroid dienone is 12. The van der Waals surface area contributed by atoms with Crippen molar-refractivity contribution in [3.63, 3.8) is 0 Å². The molecule has 0 aromatic rings. The molecule has 1 aliphatic rings. The van der Waals surface area contributed by atoms with E-state index in [1.165, 1.54) is 0 Å². The number of nitrogens with one attached hydrogen (secondary N) is 1. The molecular formula is C27H43N3O. The van der Waals surface area contributed by atoms with Gasteiger partial charge in [-0.1, -0.05) is 79.8 Å². The van der Waals surface area contributed by atoms with E-state index in [-0.39, 0.29) is 5.91 Å². The van der Waals surface area contributed by atoms with E-state index in [1.54, 1.807) is 0 Å². The number of carbonyl (C=O) groups excluding carboxylic acids is 1. The van der Waals surface area contributed by atoms with Crippen molar-refractivity contribution in [3.8, 4) is 0 Å². The first-order valence-electron chi connectivity index (χ1n) is 11.8. The summed E-state index contributed by atoms with van der Waals surface area (Å²) in [5, 5.41) is 2.03. The van der Waals surface area contributed by atoms with E-state index in [2.05, 4.69) is 97.2 Å². The molecule has 0 bridgehead atoms. The molecule has 1 saturated heterocycles. The van der Waals surface area contributed by atoms with Gasteiger partial charge in [-0.15, -0.1) is 0 Å². The van der Waals surface area contributed by atoms with Crippen LogP contribution in [0.1, 0.15) is 58.3 Å². The fraction of sp³-hybridized carbons (Fsp3) is 0.519. The van der Waals surface area contributed by atoms with Gasteiger partial charge in [0.15, 0.2) is 0 Å². The van der Waals surface area contributed by atoms with Gasteiger partial charge in [-0.05, 0) is 52.0 Å². The fourth-order valence-corrected chi connectivity index (χ4v) is 3.00. The predicted octanol–water partition coefficient (Wildman–Crippen LogP) is 5.74. The lowest BCUT2D eigenvalue weighted by atomic mass is 10.2. The Balaban J connectivity index is 1.95. The van der Waals surface area contributed by atoms with Gasteiger partial charge in [0.05, 0.1) is 0 Å². The molecule has 0 saturated carbocycles. The van der Waals surface area contributed by atoms with E-state index in [9.17, 15) is 4.79 Å². The Labute approximate surface area is 190 Å². The van der Waals surface area contributed by atoms with Crippen LogP contribution >= 0.6 is 0 Å². The van der Waals surface area contributed by atoms with Crippen molar-refractivity contribution in [2.75, 3.05) is 33.2 Å². The van der Waals surface area contributed by atoms with Gasteiger partial charge in [0, 0.05) is 32.6 Å². The van der Waals surface area contributed by atoms with Crippen LogP contribution in [0.2, 0.25) is 0 Å². The molecule has 0 aromatic carbocycles. The van der Waals surface area contributed by atoms with Crippen molar-refractivity contribution < 1.29 is 4.79 Å². The molecule has 0 atom stereocenters. The Morgan fingerprint density at radius 1 is 0.677 bits per heavy atom. The maximum Gasteiger partial charge on any atom is 0.234 e. The maximum absolute atomic E-state index is 11.9. The van der Waals surface area contributed by atoms with Crippen LogP contribution in [0.15, 0.2) is 72.9 Å². The SMILES string of the molecule is CC/C=C/C/C=C/C/C=C/C/C=C/C/C=C/C/C=C/CCC(=O)NN1CCN(C)CC1. The topological polar surface area (TPSA) is 35.6 Å². The Bertz CT molecular complexity index is 620. The van der Waals surface area contributed by atoms with E-state index >= 15 is 0 Å². The molecule has 1 amide bonds. The second kappa shape index (κ2) is 19.8. The Morgan fingerprint density at radius 2 is 1.10 bits per heavy atom. The third-order valence-electron chi connectivity index (χ3n) is 4.92. The summed E-state index contributed by atoms with van der Waals surface area (Å²) in [5.74, 6) is 0.115. The van der Waals surface area contributed by atoms with Crippen molar-refractivity contribution in [2.24, 2.45) is 0 Å². The minimum Gasteiger partial charge on any atom is -0.304 e. The van der Waals surface area contributed by atoms with Gasteiger partial charge in [0.1, 0.15) is 0 Å². The lowest BCUT2D eigenvalue weighted by Gasteiger charge is -2.32.